The van der Waals surface area contributed by atoms with Crippen LogP contribution >= 0.6 is 35.5 Å². The molecular weight excluding hydrogens is 456 g/mol. The number of nitrogens with zero attached hydrogens (tertiary/aromatic N) is 2. The molecule has 0 aromatic carbocycles. The zero-order chi connectivity index (χ0) is 21.5. The van der Waals surface area contributed by atoms with E-state index in [1.165, 1.54) is 62.3 Å². The van der Waals surface area contributed by atoms with Crippen LogP contribution in [-0.2, 0) is 9.53 Å². The summed E-state index contributed by atoms with van der Waals surface area (Å²) < 4.78 is 5.57. The van der Waals surface area contributed by atoms with Crippen molar-refractivity contribution in [3.05, 3.63) is 6.20 Å². The van der Waals surface area contributed by atoms with E-state index < -0.39 is 12.0 Å². The molecular formula is C21H35ClN4O3S2. The summed E-state index contributed by atoms with van der Waals surface area (Å²) in [6.45, 7) is 2.31. The molecule has 176 valence electrons. The number of nitrogens with one attached hydrogen (secondary N) is 1. The third-order valence-electron chi connectivity index (χ3n) is 6.19. The molecule has 0 aliphatic heterocycles. The molecule has 7 nitrogen and oxygen atoms in total. The number of methoxy groups -OCH3 is 1. The van der Waals surface area contributed by atoms with Crippen LogP contribution in [0.3, 0.4) is 0 Å². The molecule has 1 atom stereocenters. The Kier molecular flexibility index (Phi) is 10.9. The van der Waals surface area contributed by atoms with Crippen molar-refractivity contribution >= 4 is 52.6 Å². The van der Waals surface area contributed by atoms with Crippen molar-refractivity contribution in [1.29, 1.82) is 0 Å². The highest BCUT2D eigenvalue weighted by Gasteiger charge is 2.34. The SMILES string of the molecule is COC(=O)[C@H](N)CSc1cnc(NC(=O)N(C2CCCCC2)[C@H]2CC[C@H](C)CC2)s1.Cl. The van der Waals surface area contributed by atoms with E-state index in [1.807, 2.05) is 0 Å². The Balaban J connectivity index is 0.00000341. The maximum Gasteiger partial charge on any atom is 0.324 e. The zero-order valence-electron chi connectivity index (χ0n) is 18.4. The average Bonchev–Trinajstić information content (AvgIpc) is 3.21. The number of hydrogen-bond acceptors (Lipinski definition) is 7. The first kappa shape index (κ1) is 26.2. The van der Waals surface area contributed by atoms with Gasteiger partial charge >= 0.3 is 12.0 Å². The minimum absolute atomic E-state index is 0. The molecule has 1 heterocycles. The van der Waals surface area contributed by atoms with Gasteiger partial charge in [0, 0.05) is 17.8 Å². The Morgan fingerprint density at radius 1 is 1.23 bits per heavy atom. The van der Waals surface area contributed by atoms with E-state index in [1.54, 1.807) is 6.20 Å². The molecule has 0 radical (unpaired) electrons. The Hall–Kier alpha value is -1.03. The van der Waals surface area contributed by atoms with Crippen LogP contribution in [0.4, 0.5) is 9.93 Å². The summed E-state index contributed by atoms with van der Waals surface area (Å²) in [4.78, 5) is 31.2. The van der Waals surface area contributed by atoms with Crippen LogP contribution in [0, 0.1) is 5.92 Å². The van der Waals surface area contributed by atoms with Crippen molar-refractivity contribution in [3.63, 3.8) is 0 Å². The van der Waals surface area contributed by atoms with Gasteiger partial charge in [0.15, 0.2) is 5.13 Å². The van der Waals surface area contributed by atoms with E-state index in [0.717, 1.165) is 35.8 Å². The van der Waals surface area contributed by atoms with Crippen LogP contribution in [0.15, 0.2) is 10.4 Å². The van der Waals surface area contributed by atoms with Gasteiger partial charge in [0.2, 0.25) is 0 Å². The topological polar surface area (TPSA) is 97.5 Å². The third kappa shape index (κ3) is 7.51. The Bertz CT molecular complexity index is 707. The average molecular weight is 491 g/mol. The number of esters is 1. The number of ether oxygens (including phenoxy) is 1. The van der Waals surface area contributed by atoms with Gasteiger partial charge in [-0.3, -0.25) is 10.1 Å². The molecule has 0 spiro atoms. The first-order valence-electron chi connectivity index (χ1n) is 11.0. The largest absolute Gasteiger partial charge is 0.468 e. The first-order valence-corrected chi connectivity index (χ1v) is 12.8. The first-order chi connectivity index (χ1) is 14.5. The van der Waals surface area contributed by atoms with Gasteiger partial charge in [0.25, 0.3) is 0 Å². The second-order valence-electron chi connectivity index (χ2n) is 8.47. The van der Waals surface area contributed by atoms with Crippen molar-refractivity contribution in [3.8, 4) is 0 Å². The lowest BCUT2D eigenvalue weighted by Gasteiger charge is -2.42. The number of carbonyl (C=O) groups excluding carboxylic acids is 2. The van der Waals surface area contributed by atoms with E-state index in [2.05, 4.69) is 26.9 Å². The predicted molar refractivity (Wildman–Crippen MR) is 129 cm³/mol. The molecule has 2 amide bonds. The predicted octanol–water partition coefficient (Wildman–Crippen LogP) is 4.90. The van der Waals surface area contributed by atoms with Gasteiger partial charge in [-0.05, 0) is 44.4 Å². The minimum Gasteiger partial charge on any atom is -0.468 e. The molecule has 3 rings (SSSR count). The molecule has 0 bridgehead atoms. The molecule has 10 heteroatoms. The fourth-order valence-corrected chi connectivity index (χ4v) is 6.26. The standard InChI is InChI=1S/C21H34N4O3S2.ClH/c1-14-8-10-16(11-9-14)25(15-6-4-3-5-7-15)21(27)24-20-23-12-18(30-20)29-13-17(22)19(26)28-2;/h12,14-17H,3-11,13,22H2,1-2H3,(H,23,24,27);1H/t14-,16-,17-;/m1./s1. The molecule has 2 aliphatic rings. The fraction of sp³-hybridized carbons (Fsp3) is 0.762. The maximum atomic E-state index is 13.3. The summed E-state index contributed by atoms with van der Waals surface area (Å²) in [5.74, 6) is 0.745. The van der Waals surface area contributed by atoms with Crippen molar-refractivity contribution in [2.45, 2.75) is 87.0 Å². The van der Waals surface area contributed by atoms with Gasteiger partial charge in [0.05, 0.1) is 17.5 Å². The number of carbonyl (C=O) groups is 2. The number of thiazole rings is 1. The van der Waals surface area contributed by atoms with Gasteiger partial charge in [-0.15, -0.1) is 24.2 Å². The van der Waals surface area contributed by atoms with E-state index in [4.69, 9.17) is 5.73 Å². The number of hydrogen-bond donors (Lipinski definition) is 2. The summed E-state index contributed by atoms with van der Waals surface area (Å²) in [5.41, 5.74) is 5.79. The van der Waals surface area contributed by atoms with Crippen LogP contribution < -0.4 is 11.1 Å². The van der Waals surface area contributed by atoms with Crippen molar-refractivity contribution < 1.29 is 14.3 Å². The van der Waals surface area contributed by atoms with Crippen LogP contribution in [0.5, 0.6) is 0 Å². The van der Waals surface area contributed by atoms with E-state index >= 15 is 0 Å². The van der Waals surface area contributed by atoms with Crippen molar-refractivity contribution in [2.75, 3.05) is 18.2 Å². The number of aromatic nitrogens is 1. The number of nitrogens with two attached hydrogens (primary N) is 1. The van der Waals surface area contributed by atoms with Gasteiger partial charge in [-0.2, -0.15) is 0 Å². The van der Waals surface area contributed by atoms with E-state index in [-0.39, 0.29) is 18.4 Å². The lowest BCUT2D eigenvalue weighted by molar-refractivity contribution is -0.141. The molecule has 2 aliphatic carbocycles. The Labute approximate surface area is 199 Å². The molecule has 2 fully saturated rings. The monoisotopic (exact) mass is 490 g/mol. The normalized spacial score (nSPS) is 22.8. The molecule has 1 aromatic heterocycles. The van der Waals surface area contributed by atoms with Gasteiger partial charge in [-0.1, -0.05) is 37.5 Å². The molecule has 0 saturated heterocycles. The van der Waals surface area contributed by atoms with E-state index in [9.17, 15) is 9.59 Å². The molecule has 2 saturated carbocycles. The molecule has 31 heavy (non-hydrogen) atoms. The number of anilines is 1. The highest BCUT2D eigenvalue weighted by molar-refractivity contribution is 8.01. The number of amides is 2. The lowest BCUT2D eigenvalue weighted by atomic mass is 9.84. The molecule has 3 N–H and O–H groups in total. The number of urea groups is 1. The second-order valence-corrected chi connectivity index (χ2v) is 10.8. The highest BCUT2D eigenvalue weighted by atomic mass is 35.5. The lowest BCUT2D eigenvalue weighted by Crippen LogP contribution is -2.51. The van der Waals surface area contributed by atoms with Crippen LogP contribution in [0.2, 0.25) is 0 Å². The van der Waals surface area contributed by atoms with Crippen molar-refractivity contribution in [2.24, 2.45) is 11.7 Å². The summed E-state index contributed by atoms with van der Waals surface area (Å²) in [5, 5.41) is 3.64. The van der Waals surface area contributed by atoms with Crippen LogP contribution in [0.25, 0.3) is 0 Å². The smallest absolute Gasteiger partial charge is 0.324 e. The Morgan fingerprint density at radius 2 is 1.87 bits per heavy atom. The quantitative estimate of drug-likeness (QED) is 0.416. The number of rotatable bonds is 7. The summed E-state index contributed by atoms with van der Waals surface area (Å²) >= 11 is 2.87. The van der Waals surface area contributed by atoms with Crippen LogP contribution in [-0.4, -0.2) is 52.9 Å². The highest BCUT2D eigenvalue weighted by Crippen LogP contribution is 2.34. The van der Waals surface area contributed by atoms with Gasteiger partial charge < -0.3 is 15.4 Å². The van der Waals surface area contributed by atoms with Gasteiger partial charge in [-0.25, -0.2) is 9.78 Å². The molecule has 1 aromatic rings. The third-order valence-corrected chi connectivity index (χ3v) is 8.42. The molecule has 0 unspecified atom stereocenters. The van der Waals surface area contributed by atoms with E-state index in [0.29, 0.717) is 23.0 Å². The number of halogens is 1. The van der Waals surface area contributed by atoms with Crippen LogP contribution in [0.1, 0.15) is 64.7 Å². The second kappa shape index (κ2) is 12.9. The summed E-state index contributed by atoms with van der Waals surface area (Å²) in [6.07, 6.45) is 12.2. The number of thioether (sulfide) groups is 1. The maximum absolute atomic E-state index is 13.3. The fourth-order valence-electron chi connectivity index (χ4n) is 4.44. The Morgan fingerprint density at radius 3 is 2.52 bits per heavy atom. The summed E-state index contributed by atoms with van der Waals surface area (Å²) in [7, 11) is 1.33. The van der Waals surface area contributed by atoms with Crippen molar-refractivity contribution in [1.82, 2.24) is 9.88 Å². The zero-order valence-corrected chi connectivity index (χ0v) is 20.8. The minimum atomic E-state index is -0.671. The summed E-state index contributed by atoms with van der Waals surface area (Å²) in [6, 6.07) is -0.0191. The van der Waals surface area contributed by atoms with Gasteiger partial charge in [0.1, 0.15) is 6.04 Å².